The Bertz CT molecular complexity index is 480. The Morgan fingerprint density at radius 3 is 2.84 bits per heavy atom. The van der Waals surface area contributed by atoms with Gasteiger partial charge in [0.05, 0.1) is 12.7 Å². The van der Waals surface area contributed by atoms with Gasteiger partial charge >= 0.3 is 0 Å². The second kappa shape index (κ2) is 6.95. The summed E-state index contributed by atoms with van der Waals surface area (Å²) in [5, 5.41) is 3.34. The zero-order valence-electron chi connectivity index (χ0n) is 11.4. The summed E-state index contributed by atoms with van der Waals surface area (Å²) in [6.07, 6.45) is 3.41. The van der Waals surface area contributed by atoms with Crippen molar-refractivity contribution in [2.75, 3.05) is 6.54 Å². The average Bonchev–Trinajstić information content (AvgIpc) is 2.85. The van der Waals surface area contributed by atoms with Crippen molar-refractivity contribution < 1.29 is 9.15 Å². The van der Waals surface area contributed by atoms with Gasteiger partial charge in [0.25, 0.3) is 0 Å². The van der Waals surface area contributed by atoms with Crippen molar-refractivity contribution in [3.63, 3.8) is 0 Å². The second-order valence-corrected chi connectivity index (χ2v) is 4.87. The van der Waals surface area contributed by atoms with Gasteiger partial charge in [-0.1, -0.05) is 13.8 Å². The molecular formula is C15H20N2O2. The zero-order chi connectivity index (χ0) is 13.5. The maximum Gasteiger partial charge on any atom is 0.146 e. The molecule has 2 aromatic heterocycles. The third kappa shape index (κ3) is 4.75. The minimum atomic E-state index is 0.426. The lowest BCUT2D eigenvalue weighted by Crippen LogP contribution is -2.18. The van der Waals surface area contributed by atoms with E-state index in [1.165, 1.54) is 0 Å². The predicted octanol–water partition coefficient (Wildman–Crippen LogP) is 3.00. The highest BCUT2D eigenvalue weighted by Crippen LogP contribution is 2.12. The van der Waals surface area contributed by atoms with Gasteiger partial charge in [-0.25, -0.2) is 0 Å². The van der Waals surface area contributed by atoms with Crippen molar-refractivity contribution in [2.45, 2.75) is 27.0 Å². The summed E-state index contributed by atoms with van der Waals surface area (Å²) < 4.78 is 11.3. The van der Waals surface area contributed by atoms with E-state index in [9.17, 15) is 0 Å². The monoisotopic (exact) mass is 260 g/mol. The standard InChI is InChI=1S/C15H20N2O2/c1-12(2)8-17-10-14-5-6-15(19-14)11-18-13-4-3-7-16-9-13/h3-7,9,12,17H,8,10-11H2,1-2H3. The molecule has 0 bridgehead atoms. The van der Waals surface area contributed by atoms with Crippen LogP contribution in [0.5, 0.6) is 5.75 Å². The number of rotatable bonds is 7. The molecule has 2 rings (SSSR count). The van der Waals surface area contributed by atoms with Crippen LogP contribution in [0.25, 0.3) is 0 Å². The van der Waals surface area contributed by atoms with E-state index in [4.69, 9.17) is 9.15 Å². The van der Waals surface area contributed by atoms with E-state index in [1.807, 2.05) is 24.3 Å². The van der Waals surface area contributed by atoms with Gasteiger partial charge in [0.2, 0.25) is 0 Å². The molecule has 0 atom stereocenters. The molecule has 4 nitrogen and oxygen atoms in total. The first-order valence-corrected chi connectivity index (χ1v) is 6.55. The smallest absolute Gasteiger partial charge is 0.146 e. The van der Waals surface area contributed by atoms with Gasteiger partial charge in [0.1, 0.15) is 23.9 Å². The SMILES string of the molecule is CC(C)CNCc1ccc(COc2cccnc2)o1. The highest BCUT2D eigenvalue weighted by atomic mass is 16.5. The quantitative estimate of drug-likeness (QED) is 0.831. The Hall–Kier alpha value is -1.81. The topological polar surface area (TPSA) is 47.3 Å². The van der Waals surface area contributed by atoms with Crippen LogP contribution in [0.1, 0.15) is 25.4 Å². The van der Waals surface area contributed by atoms with Crippen LogP contribution in [0, 0.1) is 5.92 Å². The summed E-state index contributed by atoms with van der Waals surface area (Å²) in [4.78, 5) is 3.99. The number of furan rings is 1. The normalized spacial score (nSPS) is 10.9. The minimum absolute atomic E-state index is 0.426. The van der Waals surface area contributed by atoms with Crippen molar-refractivity contribution in [1.29, 1.82) is 0 Å². The number of pyridine rings is 1. The largest absolute Gasteiger partial charge is 0.484 e. The maximum atomic E-state index is 5.68. The summed E-state index contributed by atoms with van der Waals surface area (Å²) in [5.41, 5.74) is 0. The molecule has 0 radical (unpaired) electrons. The molecule has 4 heteroatoms. The van der Waals surface area contributed by atoms with Gasteiger partial charge < -0.3 is 14.5 Å². The van der Waals surface area contributed by atoms with Crippen molar-refractivity contribution in [3.8, 4) is 5.75 Å². The Labute approximate surface area is 113 Å². The van der Waals surface area contributed by atoms with Gasteiger partial charge in [-0.05, 0) is 36.7 Å². The molecule has 102 valence electrons. The first-order valence-electron chi connectivity index (χ1n) is 6.55. The molecule has 0 spiro atoms. The number of nitrogens with zero attached hydrogens (tertiary/aromatic N) is 1. The Balaban J connectivity index is 1.77. The summed E-state index contributed by atoms with van der Waals surface area (Å²) in [7, 11) is 0. The van der Waals surface area contributed by atoms with Crippen molar-refractivity contribution in [2.24, 2.45) is 5.92 Å². The lowest BCUT2D eigenvalue weighted by Gasteiger charge is -2.05. The Morgan fingerprint density at radius 2 is 2.11 bits per heavy atom. The third-order valence-corrected chi connectivity index (χ3v) is 2.58. The van der Waals surface area contributed by atoms with Gasteiger partial charge in [-0.2, -0.15) is 0 Å². The first kappa shape index (κ1) is 13.6. The summed E-state index contributed by atoms with van der Waals surface area (Å²) in [6, 6.07) is 7.65. The molecule has 19 heavy (non-hydrogen) atoms. The van der Waals surface area contributed by atoms with Crippen LogP contribution in [0.15, 0.2) is 41.1 Å². The van der Waals surface area contributed by atoms with E-state index in [1.54, 1.807) is 12.4 Å². The fourth-order valence-electron chi connectivity index (χ4n) is 1.67. The number of nitrogens with one attached hydrogen (secondary N) is 1. The predicted molar refractivity (Wildman–Crippen MR) is 73.8 cm³/mol. The first-order chi connectivity index (χ1) is 9.24. The molecule has 2 heterocycles. The third-order valence-electron chi connectivity index (χ3n) is 2.58. The van der Waals surface area contributed by atoms with E-state index in [2.05, 4.69) is 24.1 Å². The van der Waals surface area contributed by atoms with E-state index < -0.39 is 0 Å². The lowest BCUT2D eigenvalue weighted by molar-refractivity contribution is 0.264. The van der Waals surface area contributed by atoms with Gasteiger partial charge in [0.15, 0.2) is 0 Å². The minimum Gasteiger partial charge on any atom is -0.484 e. The van der Waals surface area contributed by atoms with Crippen LogP contribution >= 0.6 is 0 Å². The fourth-order valence-corrected chi connectivity index (χ4v) is 1.67. The number of hydrogen-bond acceptors (Lipinski definition) is 4. The molecule has 0 aromatic carbocycles. The molecule has 0 aliphatic heterocycles. The molecule has 1 N–H and O–H groups in total. The van der Waals surface area contributed by atoms with E-state index in [-0.39, 0.29) is 0 Å². The second-order valence-electron chi connectivity index (χ2n) is 4.87. The molecule has 0 amide bonds. The Morgan fingerprint density at radius 1 is 1.26 bits per heavy atom. The molecular weight excluding hydrogens is 240 g/mol. The number of hydrogen-bond donors (Lipinski definition) is 1. The highest BCUT2D eigenvalue weighted by Gasteiger charge is 2.03. The van der Waals surface area contributed by atoms with E-state index in [0.717, 1.165) is 30.4 Å². The lowest BCUT2D eigenvalue weighted by atomic mass is 10.2. The van der Waals surface area contributed by atoms with Crippen LogP contribution in [0.3, 0.4) is 0 Å². The Kier molecular flexibility index (Phi) is 4.98. The number of aromatic nitrogens is 1. The van der Waals surface area contributed by atoms with E-state index >= 15 is 0 Å². The number of ether oxygens (including phenoxy) is 1. The van der Waals surface area contributed by atoms with Crippen LogP contribution < -0.4 is 10.1 Å². The van der Waals surface area contributed by atoms with Gasteiger partial charge in [0, 0.05) is 6.20 Å². The molecule has 0 saturated carbocycles. The van der Waals surface area contributed by atoms with Crippen molar-refractivity contribution in [1.82, 2.24) is 10.3 Å². The molecule has 2 aromatic rings. The van der Waals surface area contributed by atoms with Crippen LogP contribution in [-0.2, 0) is 13.2 Å². The molecule has 0 saturated heterocycles. The fraction of sp³-hybridized carbons (Fsp3) is 0.400. The molecule has 0 fully saturated rings. The van der Waals surface area contributed by atoms with Crippen molar-refractivity contribution >= 4 is 0 Å². The maximum absolute atomic E-state index is 5.68. The molecule has 0 unspecified atom stereocenters. The van der Waals surface area contributed by atoms with Crippen LogP contribution in [0.4, 0.5) is 0 Å². The summed E-state index contributed by atoms with van der Waals surface area (Å²) >= 11 is 0. The molecule has 0 aliphatic rings. The van der Waals surface area contributed by atoms with Crippen LogP contribution in [0.2, 0.25) is 0 Å². The van der Waals surface area contributed by atoms with Gasteiger partial charge in [-0.3, -0.25) is 4.98 Å². The average molecular weight is 260 g/mol. The van der Waals surface area contributed by atoms with E-state index in [0.29, 0.717) is 12.5 Å². The molecule has 0 aliphatic carbocycles. The van der Waals surface area contributed by atoms with Crippen molar-refractivity contribution in [3.05, 3.63) is 48.2 Å². The zero-order valence-corrected chi connectivity index (χ0v) is 11.4. The van der Waals surface area contributed by atoms with Gasteiger partial charge in [-0.15, -0.1) is 0 Å². The summed E-state index contributed by atoms with van der Waals surface area (Å²) in [5.74, 6) is 3.15. The highest BCUT2D eigenvalue weighted by molar-refractivity contribution is 5.16. The summed E-state index contributed by atoms with van der Waals surface area (Å²) in [6.45, 7) is 6.54. The van der Waals surface area contributed by atoms with Crippen LogP contribution in [-0.4, -0.2) is 11.5 Å².